The zero-order chi connectivity index (χ0) is 38.4. The van der Waals surface area contributed by atoms with Gasteiger partial charge in [0.2, 0.25) is 0 Å². The van der Waals surface area contributed by atoms with E-state index >= 15 is 0 Å². The average Bonchev–Trinajstić information content (AvgIpc) is 3.06. The van der Waals surface area contributed by atoms with Gasteiger partial charge in [-0.15, -0.1) is 0 Å². The van der Waals surface area contributed by atoms with Crippen molar-refractivity contribution in [3.8, 4) is 0 Å². The fraction of sp³-hybridized carbons (Fsp3) is 0.375. The Labute approximate surface area is 308 Å². The molecule has 3 heteroatoms. The maximum Gasteiger partial charge on any atom is 0.416 e. The Morgan fingerprint density at radius 2 is 0.824 bits per heavy atom. The van der Waals surface area contributed by atoms with Gasteiger partial charge in [-0.3, -0.25) is 0 Å². The van der Waals surface area contributed by atoms with Crippen molar-refractivity contribution in [2.45, 2.75) is 120 Å². The van der Waals surface area contributed by atoms with E-state index in [0.717, 1.165) is 17.7 Å². The van der Waals surface area contributed by atoms with Crippen molar-refractivity contribution in [1.82, 2.24) is 0 Å². The van der Waals surface area contributed by atoms with E-state index in [1.54, 1.807) is 18.1 Å². The molecule has 0 nitrogen and oxygen atoms in total. The summed E-state index contributed by atoms with van der Waals surface area (Å²) in [7, 11) is 0. The minimum atomic E-state index is -4.21. The summed E-state index contributed by atoms with van der Waals surface area (Å²) in [6, 6.07) is 33.4. The second-order valence-corrected chi connectivity index (χ2v) is 15.1. The molecule has 0 bridgehead atoms. The average molecular weight is 695 g/mol. The van der Waals surface area contributed by atoms with Crippen LogP contribution in [-0.2, 0) is 24.4 Å². The van der Waals surface area contributed by atoms with E-state index in [2.05, 4.69) is 155 Å². The summed E-state index contributed by atoms with van der Waals surface area (Å²) in [5.41, 5.74) is 16.2. The van der Waals surface area contributed by atoms with Crippen molar-refractivity contribution in [3.05, 3.63) is 175 Å². The molecule has 274 valence electrons. The lowest BCUT2D eigenvalue weighted by molar-refractivity contribution is -0.137. The quantitative estimate of drug-likeness (QED) is 0.151. The Morgan fingerprint density at radius 3 is 1.22 bits per heavy atom. The number of fused-ring (bicyclic) bond motifs is 1. The van der Waals surface area contributed by atoms with Gasteiger partial charge in [0.05, 0.1) is 5.56 Å². The zero-order valence-electron chi connectivity index (χ0n) is 33.3. The molecule has 0 fully saturated rings. The van der Waals surface area contributed by atoms with Crippen molar-refractivity contribution in [2.75, 3.05) is 0 Å². The van der Waals surface area contributed by atoms with E-state index in [1.807, 2.05) is 0 Å². The van der Waals surface area contributed by atoms with Crippen LogP contribution in [0.15, 0.2) is 103 Å². The number of aryl methyl sites for hydroxylation is 9. The van der Waals surface area contributed by atoms with Gasteiger partial charge in [0.15, 0.2) is 0 Å². The first-order valence-corrected chi connectivity index (χ1v) is 18.1. The Balaban J connectivity index is 0.000000222. The highest BCUT2D eigenvalue weighted by atomic mass is 19.4. The highest BCUT2D eigenvalue weighted by Crippen LogP contribution is 2.29. The SMILES string of the molecule is Cc1cc(C)c(C)c(C)c1.Cc1ccc(C(C)(C)C)cc1.Cc1ccc(C(F)(F)F)cc1.Cc1ccc(C)cc1.Cc1cccc2c1CCCC2. The van der Waals surface area contributed by atoms with Gasteiger partial charge < -0.3 is 0 Å². The van der Waals surface area contributed by atoms with Crippen molar-refractivity contribution in [2.24, 2.45) is 0 Å². The van der Waals surface area contributed by atoms with Gasteiger partial charge in [-0.2, -0.15) is 13.2 Å². The molecule has 0 saturated heterocycles. The Hall–Kier alpha value is -4.11. The Kier molecular flexibility index (Phi) is 16.9. The fourth-order valence-corrected chi connectivity index (χ4v) is 5.66. The molecule has 0 aliphatic heterocycles. The van der Waals surface area contributed by atoms with Gasteiger partial charge in [-0.05, 0) is 144 Å². The summed E-state index contributed by atoms with van der Waals surface area (Å²) < 4.78 is 35.8. The molecule has 5 aromatic carbocycles. The van der Waals surface area contributed by atoms with Crippen LogP contribution in [0, 0.1) is 62.3 Å². The van der Waals surface area contributed by atoms with Crippen LogP contribution in [0.25, 0.3) is 0 Å². The third-order valence-corrected chi connectivity index (χ3v) is 9.22. The number of rotatable bonds is 0. The third kappa shape index (κ3) is 15.8. The smallest absolute Gasteiger partial charge is 0.166 e. The molecule has 0 spiro atoms. The molecule has 0 amide bonds. The lowest BCUT2D eigenvalue weighted by atomic mass is 9.87. The van der Waals surface area contributed by atoms with Gasteiger partial charge in [0, 0.05) is 0 Å². The van der Waals surface area contributed by atoms with E-state index in [0.29, 0.717) is 0 Å². The van der Waals surface area contributed by atoms with Crippen LogP contribution in [0.2, 0.25) is 0 Å². The van der Waals surface area contributed by atoms with E-state index < -0.39 is 11.7 Å². The predicted molar refractivity (Wildman–Crippen MR) is 215 cm³/mol. The largest absolute Gasteiger partial charge is 0.416 e. The van der Waals surface area contributed by atoms with Crippen molar-refractivity contribution in [1.29, 1.82) is 0 Å². The molecule has 0 aromatic heterocycles. The van der Waals surface area contributed by atoms with Gasteiger partial charge in [-0.1, -0.05) is 140 Å². The van der Waals surface area contributed by atoms with Crippen LogP contribution in [0.1, 0.15) is 106 Å². The lowest BCUT2D eigenvalue weighted by Crippen LogP contribution is -2.10. The van der Waals surface area contributed by atoms with E-state index in [4.69, 9.17) is 0 Å². The van der Waals surface area contributed by atoms with Crippen LogP contribution in [0.3, 0.4) is 0 Å². The van der Waals surface area contributed by atoms with E-state index in [1.165, 1.54) is 87.9 Å². The fourth-order valence-electron chi connectivity index (χ4n) is 5.66. The highest BCUT2D eigenvalue weighted by molar-refractivity contribution is 5.37. The minimum absolute atomic E-state index is 0.285. The number of halogens is 3. The topological polar surface area (TPSA) is 0 Å². The van der Waals surface area contributed by atoms with Crippen molar-refractivity contribution >= 4 is 0 Å². The molecular weight excluding hydrogens is 634 g/mol. The van der Waals surface area contributed by atoms with Crippen molar-refractivity contribution in [3.63, 3.8) is 0 Å². The summed E-state index contributed by atoms with van der Waals surface area (Å²) in [5, 5.41) is 0. The summed E-state index contributed by atoms with van der Waals surface area (Å²) >= 11 is 0. The summed E-state index contributed by atoms with van der Waals surface area (Å²) in [5.74, 6) is 0. The number of hydrogen-bond donors (Lipinski definition) is 0. The standard InChI is InChI=1S/C11H14.C11H16.C10H14.C8H7F3.C8H10/c1-9-5-4-7-10-6-2-3-8-11(9)10;1-9-5-7-10(8-6-9)11(2,3)4;1-7-5-8(2)10(4)9(3)6-7;1-6-2-4-7(5-3-6)8(9,10)11;1-7-3-5-8(2)6-4-7/h4-5,7H,2-3,6,8H2,1H3;5-8H,1-4H3;5-6H,1-4H3;2-5H,1H3;3-6H,1-2H3. The van der Waals surface area contributed by atoms with Crippen molar-refractivity contribution < 1.29 is 13.2 Å². The number of hydrogen-bond acceptors (Lipinski definition) is 0. The highest BCUT2D eigenvalue weighted by Gasteiger charge is 2.29. The first-order chi connectivity index (χ1) is 23.8. The molecule has 0 saturated carbocycles. The lowest BCUT2D eigenvalue weighted by Gasteiger charge is -2.18. The van der Waals surface area contributed by atoms with Gasteiger partial charge in [-0.25, -0.2) is 0 Å². The monoisotopic (exact) mass is 694 g/mol. The maximum atomic E-state index is 11.9. The number of alkyl halides is 3. The molecule has 0 heterocycles. The second kappa shape index (κ2) is 20.1. The minimum Gasteiger partial charge on any atom is -0.166 e. The van der Waals surface area contributed by atoms with E-state index in [-0.39, 0.29) is 5.41 Å². The van der Waals surface area contributed by atoms with E-state index in [9.17, 15) is 13.2 Å². The number of benzene rings is 5. The first kappa shape index (κ1) is 43.1. The second-order valence-electron chi connectivity index (χ2n) is 15.1. The molecule has 1 aliphatic carbocycles. The normalized spacial score (nSPS) is 11.9. The maximum absolute atomic E-state index is 11.9. The van der Waals surface area contributed by atoms with Gasteiger partial charge in [0.25, 0.3) is 0 Å². The summed E-state index contributed by atoms with van der Waals surface area (Å²) in [6.45, 7) is 25.6. The molecule has 0 unspecified atom stereocenters. The van der Waals surface area contributed by atoms with Crippen LogP contribution >= 0.6 is 0 Å². The molecule has 5 aromatic rings. The summed E-state index contributed by atoms with van der Waals surface area (Å²) in [6.07, 6.45) is 1.17. The summed E-state index contributed by atoms with van der Waals surface area (Å²) in [4.78, 5) is 0. The molecule has 51 heavy (non-hydrogen) atoms. The van der Waals surface area contributed by atoms with Crippen LogP contribution < -0.4 is 0 Å². The van der Waals surface area contributed by atoms with Crippen LogP contribution in [0.5, 0.6) is 0 Å². The Bertz CT molecular complexity index is 1650. The third-order valence-electron chi connectivity index (χ3n) is 9.22. The van der Waals surface area contributed by atoms with Crippen LogP contribution in [0.4, 0.5) is 13.2 Å². The van der Waals surface area contributed by atoms with Crippen LogP contribution in [-0.4, -0.2) is 0 Å². The van der Waals surface area contributed by atoms with Gasteiger partial charge >= 0.3 is 6.18 Å². The molecule has 0 N–H and O–H groups in total. The van der Waals surface area contributed by atoms with Gasteiger partial charge in [0.1, 0.15) is 0 Å². The Morgan fingerprint density at radius 1 is 0.431 bits per heavy atom. The molecule has 0 atom stereocenters. The molecular formula is C48H61F3. The molecule has 6 rings (SSSR count). The molecule has 1 aliphatic rings. The molecule has 0 radical (unpaired) electrons. The predicted octanol–water partition coefficient (Wildman–Crippen LogP) is 14.4. The first-order valence-electron chi connectivity index (χ1n) is 18.1. The zero-order valence-corrected chi connectivity index (χ0v) is 33.3.